The van der Waals surface area contributed by atoms with Crippen molar-refractivity contribution < 1.29 is 14.3 Å². The number of nitrogens with zero attached hydrogens (tertiary/aromatic N) is 3. The molecule has 0 aliphatic carbocycles. The normalized spacial score (nSPS) is 18.1. The molecule has 0 unspecified atom stereocenters. The molecule has 2 aromatic carbocycles. The highest BCUT2D eigenvalue weighted by atomic mass is 32.1. The van der Waals surface area contributed by atoms with Crippen molar-refractivity contribution in [1.29, 1.82) is 0 Å². The molecule has 3 heterocycles. The number of ether oxygens (including phenoxy) is 2. The van der Waals surface area contributed by atoms with Gasteiger partial charge in [0.2, 0.25) is 0 Å². The largest absolute Gasteiger partial charge is 0.497 e. The molecule has 3 aromatic rings. The number of carbonyl (C=O) groups is 1. The minimum absolute atomic E-state index is 0.131. The van der Waals surface area contributed by atoms with Crippen LogP contribution in [0.15, 0.2) is 60.1 Å². The van der Waals surface area contributed by atoms with Gasteiger partial charge in [-0.05, 0) is 61.1 Å². The summed E-state index contributed by atoms with van der Waals surface area (Å²) in [6.07, 6.45) is 6.21. The number of carbonyl (C=O) groups excluding carboxylic acids is 1. The SMILES string of the molecule is COc1cccc(-c2ccc(C(=O)N3CCC(N4CCC(Oc5nccs5)CC4)CC3)cc2)c1. The van der Waals surface area contributed by atoms with Crippen LogP contribution in [0.3, 0.4) is 0 Å². The third kappa shape index (κ3) is 5.26. The summed E-state index contributed by atoms with van der Waals surface area (Å²) < 4.78 is 11.3. The molecule has 5 rings (SSSR count). The van der Waals surface area contributed by atoms with Gasteiger partial charge in [0.25, 0.3) is 11.1 Å². The van der Waals surface area contributed by atoms with Crippen LogP contribution in [0.2, 0.25) is 0 Å². The summed E-state index contributed by atoms with van der Waals surface area (Å²) in [5.41, 5.74) is 2.92. The number of methoxy groups -OCH3 is 1. The molecule has 178 valence electrons. The molecule has 0 spiro atoms. The molecule has 1 aromatic heterocycles. The maximum Gasteiger partial charge on any atom is 0.273 e. The average Bonchev–Trinajstić information content (AvgIpc) is 3.42. The molecule has 1 amide bonds. The Labute approximate surface area is 205 Å². The van der Waals surface area contributed by atoms with E-state index in [9.17, 15) is 4.79 Å². The number of likely N-dealkylation sites (tertiary alicyclic amines) is 2. The van der Waals surface area contributed by atoms with Gasteiger partial charge in [0.1, 0.15) is 11.9 Å². The smallest absolute Gasteiger partial charge is 0.273 e. The Kier molecular flexibility index (Phi) is 7.11. The maximum atomic E-state index is 13.1. The number of rotatable bonds is 6. The quantitative estimate of drug-likeness (QED) is 0.502. The van der Waals surface area contributed by atoms with Gasteiger partial charge in [-0.15, -0.1) is 0 Å². The molecule has 0 radical (unpaired) electrons. The van der Waals surface area contributed by atoms with E-state index < -0.39 is 0 Å². The maximum absolute atomic E-state index is 13.1. The second-order valence-electron chi connectivity index (χ2n) is 8.98. The minimum atomic E-state index is 0.131. The second kappa shape index (κ2) is 10.6. The fourth-order valence-corrected chi connectivity index (χ4v) is 5.55. The van der Waals surface area contributed by atoms with Gasteiger partial charge in [0, 0.05) is 49.4 Å². The first kappa shape index (κ1) is 22.9. The van der Waals surface area contributed by atoms with Gasteiger partial charge in [-0.3, -0.25) is 9.69 Å². The number of hydrogen-bond donors (Lipinski definition) is 0. The lowest BCUT2D eigenvalue weighted by Crippen LogP contribution is -2.50. The molecular weight excluding hydrogens is 446 g/mol. The Balaban J connectivity index is 1.11. The fraction of sp³-hybridized carbons (Fsp3) is 0.407. The number of amides is 1. The highest BCUT2D eigenvalue weighted by molar-refractivity contribution is 7.11. The first-order valence-electron chi connectivity index (χ1n) is 12.0. The summed E-state index contributed by atoms with van der Waals surface area (Å²) in [4.78, 5) is 21.9. The molecule has 0 atom stereocenters. The van der Waals surface area contributed by atoms with E-state index in [4.69, 9.17) is 9.47 Å². The first-order valence-corrected chi connectivity index (χ1v) is 12.9. The molecule has 7 heteroatoms. The summed E-state index contributed by atoms with van der Waals surface area (Å²) >= 11 is 1.56. The van der Waals surface area contributed by atoms with Crippen molar-refractivity contribution in [2.45, 2.75) is 37.8 Å². The van der Waals surface area contributed by atoms with Crippen molar-refractivity contribution in [3.63, 3.8) is 0 Å². The van der Waals surface area contributed by atoms with Crippen molar-refractivity contribution in [2.75, 3.05) is 33.3 Å². The molecule has 0 bridgehead atoms. The molecule has 6 nitrogen and oxygen atoms in total. The summed E-state index contributed by atoms with van der Waals surface area (Å²) in [5.74, 6) is 0.961. The fourth-order valence-electron chi connectivity index (χ4n) is 4.99. The minimum Gasteiger partial charge on any atom is -0.497 e. The lowest BCUT2D eigenvalue weighted by atomic mass is 9.98. The summed E-state index contributed by atoms with van der Waals surface area (Å²) in [6.45, 7) is 3.74. The first-order chi connectivity index (χ1) is 16.7. The van der Waals surface area contributed by atoms with Crippen molar-refractivity contribution in [3.05, 3.63) is 65.7 Å². The number of piperidine rings is 2. The van der Waals surface area contributed by atoms with Gasteiger partial charge < -0.3 is 14.4 Å². The van der Waals surface area contributed by atoms with Crippen LogP contribution in [-0.2, 0) is 0 Å². The van der Waals surface area contributed by atoms with E-state index in [0.717, 1.165) is 79.5 Å². The van der Waals surface area contributed by atoms with E-state index in [-0.39, 0.29) is 12.0 Å². The van der Waals surface area contributed by atoms with Crippen molar-refractivity contribution in [1.82, 2.24) is 14.8 Å². The van der Waals surface area contributed by atoms with Gasteiger partial charge in [-0.1, -0.05) is 35.6 Å². The molecule has 2 fully saturated rings. The van der Waals surface area contributed by atoms with Crippen LogP contribution in [0.25, 0.3) is 11.1 Å². The van der Waals surface area contributed by atoms with Gasteiger partial charge in [-0.2, -0.15) is 0 Å². The zero-order valence-electron chi connectivity index (χ0n) is 19.6. The number of hydrogen-bond acceptors (Lipinski definition) is 6. The van der Waals surface area contributed by atoms with Crippen molar-refractivity contribution >= 4 is 17.2 Å². The van der Waals surface area contributed by atoms with Gasteiger partial charge in [0.15, 0.2) is 0 Å². The Bertz CT molecular complexity index is 1070. The molecular formula is C27H31N3O3S. The third-order valence-electron chi connectivity index (χ3n) is 6.96. The molecule has 34 heavy (non-hydrogen) atoms. The monoisotopic (exact) mass is 477 g/mol. The van der Waals surface area contributed by atoms with Crippen LogP contribution in [0.5, 0.6) is 10.9 Å². The van der Waals surface area contributed by atoms with E-state index in [1.807, 2.05) is 52.7 Å². The predicted octanol–water partition coefficient (Wildman–Crippen LogP) is 4.97. The van der Waals surface area contributed by atoms with E-state index >= 15 is 0 Å². The summed E-state index contributed by atoms with van der Waals surface area (Å²) in [6, 6.07) is 16.5. The molecule has 2 saturated heterocycles. The van der Waals surface area contributed by atoms with Gasteiger partial charge in [0.05, 0.1) is 7.11 Å². The number of aromatic nitrogens is 1. The van der Waals surface area contributed by atoms with E-state index in [1.54, 1.807) is 24.6 Å². The van der Waals surface area contributed by atoms with Crippen molar-refractivity contribution in [2.24, 2.45) is 0 Å². The van der Waals surface area contributed by atoms with Crippen LogP contribution in [0, 0.1) is 0 Å². The highest BCUT2D eigenvalue weighted by Gasteiger charge is 2.30. The van der Waals surface area contributed by atoms with Crippen LogP contribution in [0.1, 0.15) is 36.0 Å². The Hall–Kier alpha value is -2.90. The zero-order valence-corrected chi connectivity index (χ0v) is 20.4. The molecule has 2 aliphatic rings. The Morgan fingerprint density at radius 2 is 1.74 bits per heavy atom. The lowest BCUT2D eigenvalue weighted by Gasteiger charge is -2.41. The summed E-state index contributed by atoms with van der Waals surface area (Å²) in [7, 11) is 1.67. The van der Waals surface area contributed by atoms with Crippen LogP contribution < -0.4 is 9.47 Å². The van der Waals surface area contributed by atoms with Crippen molar-refractivity contribution in [3.8, 4) is 22.1 Å². The average molecular weight is 478 g/mol. The Morgan fingerprint density at radius 3 is 2.41 bits per heavy atom. The summed E-state index contributed by atoms with van der Waals surface area (Å²) in [5, 5.41) is 2.73. The standard InChI is InChI=1S/C27H31N3O3S/c1-32-25-4-2-3-22(19-25)20-5-7-21(8-6-20)26(31)30-14-9-23(10-15-30)29-16-11-24(12-17-29)33-27-28-13-18-34-27/h2-8,13,18-19,23-24H,9-12,14-17H2,1H3. The van der Waals surface area contributed by atoms with E-state index in [2.05, 4.69) is 16.0 Å². The third-order valence-corrected chi connectivity index (χ3v) is 7.62. The van der Waals surface area contributed by atoms with Gasteiger partial charge >= 0.3 is 0 Å². The molecule has 0 N–H and O–H groups in total. The van der Waals surface area contributed by atoms with Crippen LogP contribution >= 0.6 is 11.3 Å². The molecule has 0 saturated carbocycles. The number of thiazole rings is 1. The number of benzene rings is 2. The van der Waals surface area contributed by atoms with Crippen LogP contribution in [0.4, 0.5) is 0 Å². The predicted molar refractivity (Wildman–Crippen MR) is 135 cm³/mol. The molecule has 2 aliphatic heterocycles. The van der Waals surface area contributed by atoms with Gasteiger partial charge in [-0.25, -0.2) is 4.98 Å². The topological polar surface area (TPSA) is 54.9 Å². The van der Waals surface area contributed by atoms with E-state index in [0.29, 0.717) is 6.04 Å². The Morgan fingerprint density at radius 1 is 0.971 bits per heavy atom. The second-order valence-corrected chi connectivity index (χ2v) is 9.84. The van der Waals surface area contributed by atoms with Crippen LogP contribution in [-0.4, -0.2) is 66.1 Å². The zero-order chi connectivity index (χ0) is 23.3. The highest BCUT2D eigenvalue weighted by Crippen LogP contribution is 2.27. The lowest BCUT2D eigenvalue weighted by molar-refractivity contribution is 0.0425. The van der Waals surface area contributed by atoms with E-state index in [1.165, 1.54) is 0 Å².